The zero-order valence-electron chi connectivity index (χ0n) is 15.6. The second kappa shape index (κ2) is 9.57. The maximum absolute atomic E-state index is 12.3. The number of carboxylic acid groups (broad SMARTS) is 2. The number of amides is 1. The second-order valence-electron chi connectivity index (χ2n) is 6.22. The Balaban J connectivity index is 1.66. The lowest BCUT2D eigenvalue weighted by Crippen LogP contribution is -2.33. The fraction of sp³-hybridized carbons (Fsp3) is 0.211. The van der Waals surface area contributed by atoms with Gasteiger partial charge in [-0.3, -0.25) is 4.79 Å². The third kappa shape index (κ3) is 5.06. The zero-order valence-corrected chi connectivity index (χ0v) is 17.2. The van der Waals surface area contributed by atoms with Gasteiger partial charge in [-0.25, -0.2) is 19.6 Å². The Bertz CT molecular complexity index is 1060. The number of rotatable bonds is 9. The summed E-state index contributed by atoms with van der Waals surface area (Å²) >= 11 is 2.37. The summed E-state index contributed by atoms with van der Waals surface area (Å²) in [4.78, 5) is 44.0. The number of carbonyl (C=O) groups excluding carboxylic acids is 1. The molecule has 0 aliphatic carbocycles. The highest BCUT2D eigenvalue weighted by Gasteiger charge is 2.21. The first-order chi connectivity index (χ1) is 14.4. The Morgan fingerprint density at radius 3 is 2.37 bits per heavy atom. The van der Waals surface area contributed by atoms with Crippen LogP contribution in [0.15, 0.2) is 35.8 Å². The third-order valence-corrected chi connectivity index (χ3v) is 6.23. The Kier molecular flexibility index (Phi) is 6.87. The lowest BCUT2D eigenvalue weighted by atomic mass is 10.1. The first-order valence-electron chi connectivity index (χ1n) is 8.82. The number of hydrogen-bond acceptors (Lipinski definition) is 8. The Labute approximate surface area is 179 Å². The van der Waals surface area contributed by atoms with Crippen molar-refractivity contribution in [1.29, 1.82) is 0 Å². The van der Waals surface area contributed by atoms with Gasteiger partial charge in [0, 0.05) is 9.75 Å². The van der Waals surface area contributed by atoms with Gasteiger partial charge < -0.3 is 21.3 Å². The first kappa shape index (κ1) is 21.6. The molecule has 30 heavy (non-hydrogen) atoms. The standard InChI is InChI=1S/C19H18N4O5S2/c20-14(10-4-2-1-3-5-10)17(24)21-8-13-23-16(19(27)28)12(30-13)7-6-11-15(18(25)26)22-9-29-11/h1-5,9,14H,6-8,20H2,(H,21,24)(H,25,26)(H,27,28). The summed E-state index contributed by atoms with van der Waals surface area (Å²) in [5.74, 6) is -2.69. The maximum atomic E-state index is 12.3. The van der Waals surface area contributed by atoms with E-state index in [4.69, 9.17) is 10.8 Å². The monoisotopic (exact) mass is 446 g/mol. The molecule has 11 heteroatoms. The number of carbonyl (C=O) groups is 3. The van der Waals surface area contributed by atoms with Crippen LogP contribution in [0.3, 0.4) is 0 Å². The average Bonchev–Trinajstić information content (AvgIpc) is 3.37. The summed E-state index contributed by atoms with van der Waals surface area (Å²) < 4.78 is 0. The van der Waals surface area contributed by atoms with Crippen molar-refractivity contribution in [1.82, 2.24) is 15.3 Å². The number of aromatic carboxylic acids is 2. The molecule has 0 saturated heterocycles. The van der Waals surface area contributed by atoms with Crippen LogP contribution in [-0.4, -0.2) is 38.0 Å². The normalized spacial score (nSPS) is 11.8. The number of carboxylic acids is 2. The minimum atomic E-state index is -1.18. The molecule has 3 rings (SSSR count). The molecule has 2 heterocycles. The van der Waals surface area contributed by atoms with E-state index in [1.54, 1.807) is 24.3 Å². The van der Waals surface area contributed by atoms with Crippen molar-refractivity contribution < 1.29 is 24.6 Å². The van der Waals surface area contributed by atoms with Crippen molar-refractivity contribution in [3.8, 4) is 0 Å². The van der Waals surface area contributed by atoms with E-state index < -0.39 is 23.9 Å². The van der Waals surface area contributed by atoms with Crippen LogP contribution >= 0.6 is 22.7 Å². The molecule has 0 aliphatic rings. The predicted octanol–water partition coefficient (Wildman–Crippen LogP) is 2.10. The number of thiazole rings is 2. The minimum absolute atomic E-state index is 0.0243. The van der Waals surface area contributed by atoms with Crippen LogP contribution in [0, 0.1) is 0 Å². The molecule has 0 spiro atoms. The molecule has 156 valence electrons. The van der Waals surface area contributed by atoms with Gasteiger partial charge in [-0.1, -0.05) is 30.3 Å². The molecular weight excluding hydrogens is 428 g/mol. The van der Waals surface area contributed by atoms with E-state index in [9.17, 15) is 19.5 Å². The molecule has 2 aromatic heterocycles. The van der Waals surface area contributed by atoms with Gasteiger partial charge in [0.1, 0.15) is 11.0 Å². The van der Waals surface area contributed by atoms with Crippen molar-refractivity contribution >= 4 is 40.5 Å². The number of hydrogen-bond donors (Lipinski definition) is 4. The quantitative estimate of drug-likeness (QED) is 0.389. The van der Waals surface area contributed by atoms with E-state index >= 15 is 0 Å². The van der Waals surface area contributed by atoms with Crippen LogP contribution in [0.4, 0.5) is 0 Å². The van der Waals surface area contributed by atoms with E-state index in [0.29, 0.717) is 33.2 Å². The summed E-state index contributed by atoms with van der Waals surface area (Å²) in [6.45, 7) is 0.0469. The van der Waals surface area contributed by atoms with Crippen LogP contribution in [0.1, 0.15) is 47.3 Å². The van der Waals surface area contributed by atoms with Gasteiger partial charge in [-0.2, -0.15) is 0 Å². The largest absolute Gasteiger partial charge is 0.476 e. The summed E-state index contributed by atoms with van der Waals surface area (Å²) in [6.07, 6.45) is 0.638. The topological polar surface area (TPSA) is 156 Å². The number of nitrogens with two attached hydrogens (primary N) is 1. The smallest absolute Gasteiger partial charge is 0.355 e. The van der Waals surface area contributed by atoms with Gasteiger partial charge in [0.2, 0.25) is 5.91 Å². The molecule has 0 radical (unpaired) electrons. The van der Waals surface area contributed by atoms with Crippen LogP contribution < -0.4 is 11.1 Å². The lowest BCUT2D eigenvalue weighted by molar-refractivity contribution is -0.122. The molecule has 5 N–H and O–H groups in total. The van der Waals surface area contributed by atoms with Gasteiger partial charge in [0.15, 0.2) is 11.4 Å². The van der Waals surface area contributed by atoms with Crippen LogP contribution in [0.5, 0.6) is 0 Å². The summed E-state index contributed by atoms with van der Waals surface area (Å²) in [7, 11) is 0. The number of nitrogens with zero attached hydrogens (tertiary/aromatic N) is 2. The average molecular weight is 447 g/mol. The number of nitrogens with one attached hydrogen (secondary N) is 1. The van der Waals surface area contributed by atoms with Gasteiger partial charge in [-0.05, 0) is 18.4 Å². The predicted molar refractivity (Wildman–Crippen MR) is 111 cm³/mol. The zero-order chi connectivity index (χ0) is 21.7. The highest BCUT2D eigenvalue weighted by atomic mass is 32.1. The van der Waals surface area contributed by atoms with Gasteiger partial charge in [0.25, 0.3) is 0 Å². The van der Waals surface area contributed by atoms with Crippen molar-refractivity contribution in [2.24, 2.45) is 5.73 Å². The van der Waals surface area contributed by atoms with E-state index in [0.717, 1.165) is 11.3 Å². The summed E-state index contributed by atoms with van der Waals surface area (Å²) in [5, 5.41) is 21.7. The Morgan fingerprint density at radius 2 is 1.70 bits per heavy atom. The van der Waals surface area contributed by atoms with E-state index in [1.165, 1.54) is 16.8 Å². The third-order valence-electron chi connectivity index (χ3n) is 4.22. The fourth-order valence-electron chi connectivity index (χ4n) is 2.75. The van der Waals surface area contributed by atoms with Crippen molar-refractivity contribution in [3.05, 3.63) is 67.6 Å². The molecule has 3 aromatic rings. The van der Waals surface area contributed by atoms with E-state index in [1.807, 2.05) is 6.07 Å². The maximum Gasteiger partial charge on any atom is 0.355 e. The minimum Gasteiger partial charge on any atom is -0.476 e. The highest BCUT2D eigenvalue weighted by Crippen LogP contribution is 2.23. The summed E-state index contributed by atoms with van der Waals surface area (Å²) in [6, 6.07) is 8.05. The fourth-order valence-corrected chi connectivity index (χ4v) is 4.50. The number of aromatic nitrogens is 2. The van der Waals surface area contributed by atoms with Gasteiger partial charge >= 0.3 is 11.9 Å². The molecule has 1 amide bonds. The van der Waals surface area contributed by atoms with Gasteiger partial charge in [0.05, 0.1) is 12.1 Å². The molecule has 9 nitrogen and oxygen atoms in total. The Morgan fingerprint density at radius 1 is 1.03 bits per heavy atom. The Hall–Kier alpha value is -3.15. The van der Waals surface area contributed by atoms with Crippen LogP contribution in [-0.2, 0) is 24.2 Å². The van der Waals surface area contributed by atoms with Crippen LogP contribution in [0.25, 0.3) is 0 Å². The molecule has 1 aromatic carbocycles. The SMILES string of the molecule is NC(C(=O)NCc1nc(C(=O)O)c(CCc2scnc2C(=O)O)s1)c1ccccc1. The van der Waals surface area contributed by atoms with Crippen molar-refractivity contribution in [2.45, 2.75) is 25.4 Å². The molecular formula is C19H18N4O5S2. The molecule has 0 fully saturated rings. The molecule has 0 bridgehead atoms. The molecule has 1 atom stereocenters. The molecule has 0 aliphatic heterocycles. The van der Waals surface area contributed by atoms with Crippen LogP contribution in [0.2, 0.25) is 0 Å². The van der Waals surface area contributed by atoms with Gasteiger partial charge in [-0.15, -0.1) is 22.7 Å². The van der Waals surface area contributed by atoms with Crippen molar-refractivity contribution in [2.75, 3.05) is 0 Å². The van der Waals surface area contributed by atoms with E-state index in [-0.39, 0.29) is 17.9 Å². The second-order valence-corrected chi connectivity index (χ2v) is 8.33. The lowest BCUT2D eigenvalue weighted by Gasteiger charge is -2.11. The first-order valence-corrected chi connectivity index (χ1v) is 10.5. The van der Waals surface area contributed by atoms with E-state index in [2.05, 4.69) is 15.3 Å². The van der Waals surface area contributed by atoms with Crippen molar-refractivity contribution in [3.63, 3.8) is 0 Å². The highest BCUT2D eigenvalue weighted by molar-refractivity contribution is 7.12. The number of benzene rings is 1. The summed E-state index contributed by atoms with van der Waals surface area (Å²) in [5.41, 5.74) is 7.94. The number of aryl methyl sites for hydroxylation is 2. The molecule has 0 saturated carbocycles. The molecule has 1 unspecified atom stereocenters.